The van der Waals surface area contributed by atoms with Gasteiger partial charge in [-0.2, -0.15) is 0 Å². The highest BCUT2D eigenvalue weighted by Gasteiger charge is 2.17. The smallest absolute Gasteiger partial charge is 0.340 e. The number of methoxy groups -OCH3 is 3. The molecule has 0 saturated heterocycles. The van der Waals surface area contributed by atoms with Gasteiger partial charge >= 0.3 is 5.63 Å². The number of fused-ring (bicyclic) bond motifs is 1. The number of ether oxygens (including phenoxy) is 3. The number of nitrogens with one attached hydrogen (secondary N) is 1. The van der Waals surface area contributed by atoms with Crippen molar-refractivity contribution in [1.82, 2.24) is 5.32 Å². The lowest BCUT2D eigenvalue weighted by atomic mass is 10.0. The number of rotatable bonds is 7. The summed E-state index contributed by atoms with van der Waals surface area (Å²) in [6.45, 7) is 2.08. The second kappa shape index (κ2) is 8.68. The van der Waals surface area contributed by atoms with Gasteiger partial charge in [-0.15, -0.1) is 0 Å². The molecule has 0 spiro atoms. The molecule has 7 heteroatoms. The van der Waals surface area contributed by atoms with Crippen molar-refractivity contribution < 1.29 is 23.4 Å². The van der Waals surface area contributed by atoms with Gasteiger partial charge in [0.25, 0.3) is 0 Å². The van der Waals surface area contributed by atoms with E-state index in [9.17, 15) is 9.59 Å². The molecule has 0 unspecified atom stereocenters. The monoisotopic (exact) mass is 397 g/mol. The van der Waals surface area contributed by atoms with Gasteiger partial charge in [0.15, 0.2) is 11.5 Å². The quantitative estimate of drug-likeness (QED) is 0.617. The normalized spacial score (nSPS) is 10.6. The molecule has 2 aromatic carbocycles. The summed E-state index contributed by atoms with van der Waals surface area (Å²) < 4.78 is 21.3. The van der Waals surface area contributed by atoms with Crippen molar-refractivity contribution in [2.24, 2.45) is 0 Å². The van der Waals surface area contributed by atoms with Crippen molar-refractivity contribution in [1.29, 1.82) is 0 Å². The fourth-order valence-corrected chi connectivity index (χ4v) is 3.19. The van der Waals surface area contributed by atoms with Crippen LogP contribution in [0.15, 0.2) is 45.6 Å². The maximum absolute atomic E-state index is 12.5. The lowest BCUT2D eigenvalue weighted by Gasteiger charge is -2.12. The van der Waals surface area contributed by atoms with E-state index in [1.807, 2.05) is 24.3 Å². The molecule has 3 aromatic rings. The minimum absolute atomic E-state index is 0.0897. The molecule has 29 heavy (non-hydrogen) atoms. The number of hydrogen-bond donors (Lipinski definition) is 1. The van der Waals surface area contributed by atoms with E-state index in [4.69, 9.17) is 18.6 Å². The van der Waals surface area contributed by atoms with Crippen LogP contribution in [0, 0.1) is 6.92 Å². The molecule has 0 radical (unpaired) electrons. The summed E-state index contributed by atoms with van der Waals surface area (Å²) in [6.07, 6.45) is -0.0897. The van der Waals surface area contributed by atoms with E-state index < -0.39 is 5.63 Å². The molecule has 3 rings (SSSR count). The fourth-order valence-electron chi connectivity index (χ4n) is 3.19. The number of para-hydroxylation sites is 1. The zero-order valence-electron chi connectivity index (χ0n) is 16.8. The summed E-state index contributed by atoms with van der Waals surface area (Å²) in [5, 5.41) is 3.51. The largest absolute Gasteiger partial charge is 0.496 e. The number of carbonyl (C=O) groups excluding carboxylic acids is 1. The first-order chi connectivity index (χ1) is 14.0. The van der Waals surface area contributed by atoms with Gasteiger partial charge in [0, 0.05) is 23.6 Å². The van der Waals surface area contributed by atoms with Gasteiger partial charge in [0.2, 0.25) is 5.91 Å². The van der Waals surface area contributed by atoms with Crippen LogP contribution in [0.25, 0.3) is 11.0 Å². The first-order valence-corrected chi connectivity index (χ1v) is 9.05. The van der Waals surface area contributed by atoms with Crippen molar-refractivity contribution in [3.8, 4) is 17.2 Å². The Morgan fingerprint density at radius 2 is 1.66 bits per heavy atom. The Labute approximate surface area is 168 Å². The molecule has 0 atom stereocenters. The van der Waals surface area contributed by atoms with E-state index in [0.717, 1.165) is 5.56 Å². The number of carbonyl (C=O) groups is 1. The molecule has 0 bridgehead atoms. The van der Waals surface area contributed by atoms with E-state index in [1.165, 1.54) is 14.2 Å². The maximum Gasteiger partial charge on any atom is 0.340 e. The number of benzene rings is 2. The van der Waals surface area contributed by atoms with Gasteiger partial charge in [0.05, 0.1) is 33.3 Å². The van der Waals surface area contributed by atoms with Gasteiger partial charge in [0.1, 0.15) is 11.3 Å². The van der Waals surface area contributed by atoms with E-state index in [-0.39, 0.29) is 12.3 Å². The number of amides is 1. The number of hydrogen-bond acceptors (Lipinski definition) is 6. The third-order valence-corrected chi connectivity index (χ3v) is 4.80. The molecule has 0 saturated carbocycles. The third-order valence-electron chi connectivity index (χ3n) is 4.80. The predicted molar refractivity (Wildman–Crippen MR) is 109 cm³/mol. The maximum atomic E-state index is 12.5. The third kappa shape index (κ3) is 4.18. The van der Waals surface area contributed by atoms with Crippen LogP contribution >= 0.6 is 0 Å². The minimum atomic E-state index is -0.547. The predicted octanol–water partition coefficient (Wildman–Crippen LogP) is 2.99. The van der Waals surface area contributed by atoms with Crippen molar-refractivity contribution in [2.75, 3.05) is 21.3 Å². The van der Waals surface area contributed by atoms with Gasteiger partial charge < -0.3 is 23.9 Å². The fraction of sp³-hybridized carbons (Fsp3) is 0.273. The van der Waals surface area contributed by atoms with Crippen LogP contribution in [0.3, 0.4) is 0 Å². The Bertz CT molecular complexity index is 1100. The van der Waals surface area contributed by atoms with Crippen LogP contribution < -0.4 is 25.2 Å². The Morgan fingerprint density at radius 3 is 2.34 bits per heavy atom. The van der Waals surface area contributed by atoms with Crippen LogP contribution in [0.2, 0.25) is 0 Å². The van der Waals surface area contributed by atoms with Gasteiger partial charge in [-0.25, -0.2) is 4.79 Å². The molecule has 0 fully saturated rings. The standard InChI is InChI=1S/C22H23NO6/c1-13-15-9-19(27-3)20(28-4)11-18(15)29-22(25)16(13)10-21(24)23-12-14-7-5-6-8-17(14)26-2/h5-9,11H,10,12H2,1-4H3,(H,23,24). The average molecular weight is 397 g/mol. The zero-order valence-corrected chi connectivity index (χ0v) is 16.8. The zero-order chi connectivity index (χ0) is 21.0. The molecule has 1 amide bonds. The summed E-state index contributed by atoms with van der Waals surface area (Å²) >= 11 is 0. The first kappa shape index (κ1) is 20.3. The lowest BCUT2D eigenvalue weighted by Crippen LogP contribution is -2.27. The molecule has 7 nitrogen and oxygen atoms in total. The van der Waals surface area contributed by atoms with E-state index in [0.29, 0.717) is 45.9 Å². The van der Waals surface area contributed by atoms with E-state index in [2.05, 4.69) is 5.32 Å². The molecule has 1 aromatic heterocycles. The Kier molecular flexibility index (Phi) is 6.07. The van der Waals surface area contributed by atoms with Gasteiger partial charge in [-0.1, -0.05) is 18.2 Å². The van der Waals surface area contributed by atoms with Gasteiger partial charge in [-0.05, 0) is 24.6 Å². The topological polar surface area (TPSA) is 87.0 Å². The Hall–Kier alpha value is -3.48. The molecular formula is C22H23NO6. The van der Waals surface area contributed by atoms with E-state index in [1.54, 1.807) is 26.2 Å². The van der Waals surface area contributed by atoms with Crippen LogP contribution in [-0.4, -0.2) is 27.2 Å². The molecule has 0 aliphatic rings. The molecule has 0 aliphatic heterocycles. The van der Waals surface area contributed by atoms with Crippen LogP contribution in [0.4, 0.5) is 0 Å². The SMILES string of the molecule is COc1ccccc1CNC(=O)Cc1c(C)c2cc(OC)c(OC)cc2oc1=O. The first-order valence-electron chi connectivity index (χ1n) is 9.05. The Morgan fingerprint density at radius 1 is 1.00 bits per heavy atom. The lowest BCUT2D eigenvalue weighted by molar-refractivity contribution is -0.120. The van der Waals surface area contributed by atoms with Crippen molar-refractivity contribution in [3.05, 3.63) is 63.5 Å². The molecular weight excluding hydrogens is 374 g/mol. The van der Waals surface area contributed by atoms with Gasteiger partial charge in [-0.3, -0.25) is 4.79 Å². The van der Waals surface area contributed by atoms with Crippen molar-refractivity contribution >= 4 is 16.9 Å². The van der Waals surface area contributed by atoms with Crippen molar-refractivity contribution in [3.63, 3.8) is 0 Å². The number of aryl methyl sites for hydroxylation is 1. The minimum Gasteiger partial charge on any atom is -0.496 e. The molecule has 152 valence electrons. The van der Waals surface area contributed by atoms with Crippen LogP contribution in [-0.2, 0) is 17.8 Å². The highest BCUT2D eigenvalue weighted by Crippen LogP contribution is 2.33. The summed E-state index contributed by atoms with van der Waals surface area (Å²) in [6, 6.07) is 10.8. The average Bonchev–Trinajstić information content (AvgIpc) is 2.74. The summed E-state index contributed by atoms with van der Waals surface area (Å²) in [5.74, 6) is 1.38. The molecule has 1 N–H and O–H groups in total. The highest BCUT2D eigenvalue weighted by atomic mass is 16.5. The summed E-state index contributed by atoms with van der Waals surface area (Å²) in [7, 11) is 4.62. The Balaban J connectivity index is 1.85. The second-order valence-electron chi connectivity index (χ2n) is 6.46. The molecule has 0 aliphatic carbocycles. The molecule has 1 heterocycles. The summed E-state index contributed by atoms with van der Waals surface area (Å²) in [4.78, 5) is 25.0. The summed E-state index contributed by atoms with van der Waals surface area (Å²) in [5.41, 5.74) is 1.66. The van der Waals surface area contributed by atoms with Crippen LogP contribution in [0.5, 0.6) is 17.2 Å². The van der Waals surface area contributed by atoms with Crippen molar-refractivity contribution in [2.45, 2.75) is 19.9 Å². The van der Waals surface area contributed by atoms with Crippen LogP contribution in [0.1, 0.15) is 16.7 Å². The second-order valence-corrected chi connectivity index (χ2v) is 6.46. The van der Waals surface area contributed by atoms with E-state index >= 15 is 0 Å². The highest BCUT2D eigenvalue weighted by molar-refractivity contribution is 5.87.